The maximum atomic E-state index is 13.0. The van der Waals surface area contributed by atoms with Gasteiger partial charge in [0.15, 0.2) is 0 Å². The lowest BCUT2D eigenvalue weighted by atomic mass is 9.80. The van der Waals surface area contributed by atoms with Gasteiger partial charge >= 0.3 is 0 Å². The molecule has 0 saturated heterocycles. The number of amides is 2. The Kier molecular flexibility index (Phi) is 5.07. The van der Waals surface area contributed by atoms with E-state index < -0.39 is 5.54 Å². The molecular formula is C23H27N3O2. The summed E-state index contributed by atoms with van der Waals surface area (Å²) in [6.07, 6.45) is 4.41. The highest BCUT2D eigenvalue weighted by Crippen LogP contribution is 2.30. The molecule has 1 heterocycles. The Bertz CT molecular complexity index is 862. The molecular weight excluding hydrogens is 350 g/mol. The van der Waals surface area contributed by atoms with Crippen LogP contribution < -0.4 is 15.5 Å². The highest BCUT2D eigenvalue weighted by Gasteiger charge is 2.40. The number of benzene rings is 2. The van der Waals surface area contributed by atoms with E-state index in [9.17, 15) is 9.59 Å². The van der Waals surface area contributed by atoms with Gasteiger partial charge in [-0.25, -0.2) is 0 Å². The standard InChI is InChI=1S/C23H27N3O2/c1-24-22(28)23(12-5-2-6-13-23)25-21(27)17-10-7-11-20(14-17)26-15-18-8-3-4-9-19(18)16-26/h3-4,7-11,14H,2,5-6,12-13,15-16H2,1H3,(H,24,28)(H,25,27). The first-order valence-corrected chi connectivity index (χ1v) is 10.1. The topological polar surface area (TPSA) is 61.4 Å². The molecule has 2 aromatic carbocycles. The van der Waals surface area contributed by atoms with Crippen LogP contribution in [0.15, 0.2) is 48.5 Å². The van der Waals surface area contributed by atoms with Crippen molar-refractivity contribution in [3.8, 4) is 0 Å². The average Bonchev–Trinajstić information content (AvgIpc) is 3.18. The largest absolute Gasteiger partial charge is 0.363 e. The van der Waals surface area contributed by atoms with Crippen molar-refractivity contribution in [3.63, 3.8) is 0 Å². The van der Waals surface area contributed by atoms with Crippen LogP contribution >= 0.6 is 0 Å². The van der Waals surface area contributed by atoms with Crippen LogP contribution in [-0.2, 0) is 17.9 Å². The lowest BCUT2D eigenvalue weighted by Gasteiger charge is -2.36. The molecule has 2 amide bonds. The van der Waals surface area contributed by atoms with E-state index in [4.69, 9.17) is 0 Å². The smallest absolute Gasteiger partial charge is 0.252 e. The summed E-state index contributed by atoms with van der Waals surface area (Å²) in [7, 11) is 1.64. The predicted octanol–water partition coefficient (Wildman–Crippen LogP) is 3.39. The molecule has 2 aromatic rings. The van der Waals surface area contributed by atoms with Crippen LogP contribution in [0.4, 0.5) is 5.69 Å². The number of rotatable bonds is 4. The summed E-state index contributed by atoms with van der Waals surface area (Å²) in [4.78, 5) is 27.8. The lowest BCUT2D eigenvalue weighted by Crippen LogP contribution is -2.59. The Labute approximate surface area is 166 Å². The van der Waals surface area contributed by atoms with E-state index in [0.29, 0.717) is 18.4 Å². The molecule has 2 aliphatic rings. The molecule has 146 valence electrons. The monoisotopic (exact) mass is 377 g/mol. The minimum absolute atomic E-state index is 0.0910. The van der Waals surface area contributed by atoms with Crippen LogP contribution in [0.25, 0.3) is 0 Å². The maximum absolute atomic E-state index is 13.0. The Morgan fingerprint density at radius 1 is 0.929 bits per heavy atom. The summed E-state index contributed by atoms with van der Waals surface area (Å²) in [6, 6.07) is 16.1. The first kappa shape index (κ1) is 18.5. The zero-order chi connectivity index (χ0) is 19.6. The van der Waals surface area contributed by atoms with Crippen molar-refractivity contribution in [3.05, 3.63) is 65.2 Å². The van der Waals surface area contributed by atoms with Gasteiger partial charge in [0.05, 0.1) is 0 Å². The molecule has 0 aromatic heterocycles. The van der Waals surface area contributed by atoms with E-state index in [1.165, 1.54) is 11.1 Å². The Hall–Kier alpha value is -2.82. The van der Waals surface area contributed by atoms with Crippen LogP contribution in [-0.4, -0.2) is 24.4 Å². The van der Waals surface area contributed by atoms with Crippen molar-refractivity contribution in [2.24, 2.45) is 0 Å². The van der Waals surface area contributed by atoms with Crippen LogP contribution in [0.5, 0.6) is 0 Å². The van der Waals surface area contributed by atoms with Gasteiger partial charge in [0.1, 0.15) is 5.54 Å². The summed E-state index contributed by atoms with van der Waals surface area (Å²) in [6.45, 7) is 1.70. The summed E-state index contributed by atoms with van der Waals surface area (Å²) in [5.74, 6) is -0.268. The summed E-state index contributed by atoms with van der Waals surface area (Å²) >= 11 is 0. The van der Waals surface area contributed by atoms with E-state index in [0.717, 1.165) is 38.0 Å². The van der Waals surface area contributed by atoms with Crippen molar-refractivity contribution in [1.82, 2.24) is 10.6 Å². The molecule has 0 spiro atoms. The van der Waals surface area contributed by atoms with E-state index in [1.807, 2.05) is 24.3 Å². The van der Waals surface area contributed by atoms with Gasteiger partial charge in [0.2, 0.25) is 5.91 Å². The van der Waals surface area contributed by atoms with Crippen LogP contribution in [0, 0.1) is 0 Å². The molecule has 4 rings (SSSR count). The number of hydrogen-bond donors (Lipinski definition) is 2. The minimum Gasteiger partial charge on any atom is -0.363 e. The summed E-state index contributed by atoms with van der Waals surface area (Å²) in [5, 5.41) is 5.80. The second kappa shape index (κ2) is 7.66. The highest BCUT2D eigenvalue weighted by atomic mass is 16.2. The molecule has 2 N–H and O–H groups in total. The molecule has 1 aliphatic heterocycles. The van der Waals surface area contributed by atoms with E-state index in [1.54, 1.807) is 7.05 Å². The van der Waals surface area contributed by atoms with Crippen molar-refractivity contribution in [2.45, 2.75) is 50.7 Å². The van der Waals surface area contributed by atoms with Gasteiger partial charge < -0.3 is 15.5 Å². The Balaban J connectivity index is 1.53. The first-order chi connectivity index (χ1) is 13.6. The molecule has 1 saturated carbocycles. The molecule has 5 nitrogen and oxygen atoms in total. The minimum atomic E-state index is -0.788. The van der Waals surface area contributed by atoms with E-state index in [-0.39, 0.29) is 11.8 Å². The number of hydrogen-bond acceptors (Lipinski definition) is 3. The number of likely N-dealkylation sites (N-methyl/N-ethyl adjacent to an activating group) is 1. The Morgan fingerprint density at radius 3 is 2.25 bits per heavy atom. The van der Waals surface area contributed by atoms with Crippen LogP contribution in [0.3, 0.4) is 0 Å². The number of nitrogens with zero attached hydrogens (tertiary/aromatic N) is 1. The van der Waals surface area contributed by atoms with Crippen molar-refractivity contribution in [2.75, 3.05) is 11.9 Å². The van der Waals surface area contributed by atoms with Crippen LogP contribution in [0.2, 0.25) is 0 Å². The van der Waals surface area contributed by atoms with Crippen molar-refractivity contribution >= 4 is 17.5 Å². The third-order valence-corrected chi connectivity index (χ3v) is 6.04. The summed E-state index contributed by atoms with van der Waals surface area (Å²) < 4.78 is 0. The normalized spacial score (nSPS) is 17.7. The van der Waals surface area contributed by atoms with Gasteiger partial charge in [-0.15, -0.1) is 0 Å². The second-order valence-corrected chi connectivity index (χ2v) is 7.85. The van der Waals surface area contributed by atoms with Crippen molar-refractivity contribution in [1.29, 1.82) is 0 Å². The number of nitrogens with one attached hydrogen (secondary N) is 2. The molecule has 0 radical (unpaired) electrons. The van der Waals surface area contributed by atoms with Gasteiger partial charge in [0.25, 0.3) is 5.91 Å². The van der Waals surface area contributed by atoms with Gasteiger partial charge in [0, 0.05) is 31.4 Å². The van der Waals surface area contributed by atoms with Gasteiger partial charge in [-0.1, -0.05) is 49.6 Å². The SMILES string of the molecule is CNC(=O)C1(NC(=O)c2cccc(N3Cc4ccccc4C3)c2)CCCCC1. The fraction of sp³-hybridized carbons (Fsp3) is 0.391. The fourth-order valence-electron chi connectivity index (χ4n) is 4.45. The Morgan fingerprint density at radius 2 is 1.61 bits per heavy atom. The van der Waals surface area contributed by atoms with Gasteiger partial charge in [-0.2, -0.15) is 0 Å². The number of carbonyl (C=O) groups is 2. The molecule has 0 bridgehead atoms. The third kappa shape index (κ3) is 3.49. The quantitative estimate of drug-likeness (QED) is 0.859. The lowest BCUT2D eigenvalue weighted by molar-refractivity contribution is -0.128. The maximum Gasteiger partial charge on any atom is 0.252 e. The molecule has 1 aliphatic carbocycles. The average molecular weight is 377 g/mol. The predicted molar refractivity (Wildman–Crippen MR) is 110 cm³/mol. The van der Waals surface area contributed by atoms with E-state index >= 15 is 0 Å². The molecule has 0 atom stereocenters. The van der Waals surface area contributed by atoms with Crippen molar-refractivity contribution < 1.29 is 9.59 Å². The number of anilines is 1. The first-order valence-electron chi connectivity index (χ1n) is 10.1. The van der Waals surface area contributed by atoms with Crippen LogP contribution in [0.1, 0.15) is 53.6 Å². The molecule has 0 unspecified atom stereocenters. The third-order valence-electron chi connectivity index (χ3n) is 6.04. The van der Waals surface area contributed by atoms with Gasteiger partial charge in [-0.3, -0.25) is 9.59 Å². The summed E-state index contributed by atoms with van der Waals surface area (Å²) in [5.41, 5.74) is 3.50. The van der Waals surface area contributed by atoms with E-state index in [2.05, 4.69) is 39.8 Å². The zero-order valence-corrected chi connectivity index (χ0v) is 16.3. The second-order valence-electron chi connectivity index (χ2n) is 7.85. The molecule has 1 fully saturated rings. The number of carbonyl (C=O) groups excluding carboxylic acids is 2. The zero-order valence-electron chi connectivity index (χ0n) is 16.3. The fourth-order valence-corrected chi connectivity index (χ4v) is 4.45. The molecule has 5 heteroatoms. The number of fused-ring (bicyclic) bond motifs is 1. The van der Waals surface area contributed by atoms with Gasteiger partial charge in [-0.05, 0) is 42.2 Å². The molecule has 28 heavy (non-hydrogen) atoms. The highest BCUT2D eigenvalue weighted by molar-refractivity contribution is 5.99.